The number of aliphatic hydroxyl groups excluding tert-OH is 1. The van der Waals surface area contributed by atoms with E-state index in [1.165, 1.54) is 16.2 Å². The highest BCUT2D eigenvalue weighted by atomic mass is 35.5. The van der Waals surface area contributed by atoms with Crippen molar-refractivity contribution in [3.05, 3.63) is 28.1 Å². The van der Waals surface area contributed by atoms with Gasteiger partial charge in [0.15, 0.2) is 0 Å². The number of fused-ring (bicyclic) bond motifs is 1. The van der Waals surface area contributed by atoms with E-state index in [1.54, 1.807) is 26.1 Å². The van der Waals surface area contributed by atoms with Crippen LogP contribution in [0.3, 0.4) is 0 Å². The zero-order valence-corrected chi connectivity index (χ0v) is 12.3. The summed E-state index contributed by atoms with van der Waals surface area (Å²) in [7, 11) is 1.64. The monoisotopic (exact) mass is 298 g/mol. The Bertz CT molecular complexity index is 624. The quantitative estimate of drug-likeness (QED) is 0.915. The van der Waals surface area contributed by atoms with E-state index in [-0.39, 0.29) is 12.5 Å². The Morgan fingerprint density at radius 3 is 2.89 bits per heavy atom. The van der Waals surface area contributed by atoms with Gasteiger partial charge in [0, 0.05) is 28.7 Å². The Hall–Kier alpha value is -1.30. The van der Waals surface area contributed by atoms with Gasteiger partial charge in [0.25, 0.3) is 5.91 Å². The van der Waals surface area contributed by atoms with E-state index < -0.39 is 6.10 Å². The lowest BCUT2D eigenvalue weighted by Gasteiger charge is -2.18. The summed E-state index contributed by atoms with van der Waals surface area (Å²) in [6.45, 7) is 1.91. The average molecular weight is 299 g/mol. The number of nitrogen functional groups attached to an aromatic ring is 1. The van der Waals surface area contributed by atoms with Crippen LogP contribution in [0.5, 0.6) is 0 Å². The summed E-state index contributed by atoms with van der Waals surface area (Å²) in [5.74, 6) is -0.185. The number of likely N-dealkylation sites (N-methyl/N-ethyl adjacent to an activating group) is 1. The van der Waals surface area contributed by atoms with Crippen LogP contribution in [0, 0.1) is 0 Å². The fourth-order valence-corrected chi connectivity index (χ4v) is 3.30. The Kier molecular flexibility index (Phi) is 3.99. The second-order valence-electron chi connectivity index (χ2n) is 4.52. The minimum absolute atomic E-state index is 0.185. The molecule has 0 saturated carbocycles. The predicted octanol–water partition coefficient (Wildman–Crippen LogP) is 2.59. The van der Waals surface area contributed by atoms with Crippen molar-refractivity contribution in [3.63, 3.8) is 0 Å². The van der Waals surface area contributed by atoms with Gasteiger partial charge in [0.2, 0.25) is 0 Å². The molecule has 0 saturated heterocycles. The molecule has 0 aliphatic rings. The van der Waals surface area contributed by atoms with E-state index in [0.29, 0.717) is 15.6 Å². The number of anilines is 1. The van der Waals surface area contributed by atoms with E-state index in [9.17, 15) is 9.90 Å². The van der Waals surface area contributed by atoms with E-state index in [2.05, 4.69) is 0 Å². The van der Waals surface area contributed by atoms with Crippen LogP contribution in [-0.2, 0) is 0 Å². The third-order valence-electron chi connectivity index (χ3n) is 2.77. The van der Waals surface area contributed by atoms with Gasteiger partial charge in [-0.1, -0.05) is 11.6 Å². The molecular formula is C13H15ClN2O2S. The van der Waals surface area contributed by atoms with Crippen LogP contribution in [0.1, 0.15) is 16.6 Å². The van der Waals surface area contributed by atoms with Crippen LogP contribution >= 0.6 is 22.9 Å². The Labute approximate surface area is 120 Å². The van der Waals surface area contributed by atoms with Crippen LogP contribution in [-0.4, -0.2) is 35.6 Å². The summed E-state index contributed by atoms with van der Waals surface area (Å²) in [6, 6.07) is 5.36. The summed E-state index contributed by atoms with van der Waals surface area (Å²) in [5, 5.41) is 10.8. The molecule has 0 spiro atoms. The number of rotatable bonds is 3. The summed E-state index contributed by atoms with van der Waals surface area (Å²) in [5.41, 5.74) is 6.49. The van der Waals surface area contributed by atoms with Gasteiger partial charge in [-0.15, -0.1) is 11.3 Å². The Balaban J connectivity index is 2.40. The SMILES string of the molecule is CC(O)CN(C)C(=O)c1sc2cc(Cl)ccc2c1N. The molecule has 0 bridgehead atoms. The van der Waals surface area contributed by atoms with E-state index in [1.807, 2.05) is 6.07 Å². The molecule has 1 atom stereocenters. The maximum Gasteiger partial charge on any atom is 0.265 e. The van der Waals surface area contributed by atoms with E-state index in [0.717, 1.165) is 10.1 Å². The third-order valence-corrected chi connectivity index (χ3v) is 4.16. The van der Waals surface area contributed by atoms with E-state index in [4.69, 9.17) is 17.3 Å². The van der Waals surface area contributed by atoms with Crippen LogP contribution in [0.2, 0.25) is 5.02 Å². The van der Waals surface area contributed by atoms with Gasteiger partial charge in [-0.2, -0.15) is 0 Å². The number of nitrogens with zero attached hydrogens (tertiary/aromatic N) is 1. The first-order valence-electron chi connectivity index (χ1n) is 5.81. The Morgan fingerprint density at radius 1 is 1.58 bits per heavy atom. The van der Waals surface area contributed by atoms with Crippen LogP contribution in [0.4, 0.5) is 5.69 Å². The maximum absolute atomic E-state index is 12.3. The van der Waals surface area contributed by atoms with Crippen molar-refractivity contribution in [1.29, 1.82) is 0 Å². The number of nitrogens with two attached hydrogens (primary N) is 1. The average Bonchev–Trinajstić information content (AvgIpc) is 2.64. The van der Waals surface area contributed by atoms with E-state index >= 15 is 0 Å². The highest BCUT2D eigenvalue weighted by molar-refractivity contribution is 7.21. The topological polar surface area (TPSA) is 66.6 Å². The normalized spacial score (nSPS) is 12.6. The van der Waals surface area contributed by atoms with Gasteiger partial charge in [0.1, 0.15) is 4.88 Å². The minimum Gasteiger partial charge on any atom is -0.397 e. The first-order valence-corrected chi connectivity index (χ1v) is 7.00. The summed E-state index contributed by atoms with van der Waals surface area (Å²) in [6.07, 6.45) is -0.570. The van der Waals surface area contributed by atoms with Gasteiger partial charge >= 0.3 is 0 Å². The predicted molar refractivity (Wildman–Crippen MR) is 79.9 cm³/mol. The molecule has 1 heterocycles. The summed E-state index contributed by atoms with van der Waals surface area (Å²) >= 11 is 7.25. The first kappa shape index (κ1) is 14.1. The maximum atomic E-state index is 12.3. The van der Waals surface area contributed by atoms with Crippen LogP contribution in [0.15, 0.2) is 18.2 Å². The molecule has 0 aliphatic heterocycles. The lowest BCUT2D eigenvalue weighted by atomic mass is 10.2. The number of halogens is 1. The molecule has 3 N–H and O–H groups in total. The molecule has 0 radical (unpaired) electrons. The molecule has 4 nitrogen and oxygen atoms in total. The molecule has 6 heteroatoms. The molecule has 1 amide bonds. The number of hydrogen-bond acceptors (Lipinski definition) is 4. The van der Waals surface area contributed by atoms with Crippen molar-refractivity contribution >= 4 is 44.6 Å². The van der Waals surface area contributed by atoms with Gasteiger partial charge in [-0.25, -0.2) is 0 Å². The molecule has 1 unspecified atom stereocenters. The van der Waals surface area contributed by atoms with Crippen molar-refractivity contribution in [2.24, 2.45) is 0 Å². The zero-order chi connectivity index (χ0) is 14.2. The molecule has 19 heavy (non-hydrogen) atoms. The molecule has 1 aromatic carbocycles. The lowest BCUT2D eigenvalue weighted by molar-refractivity contribution is 0.0709. The largest absolute Gasteiger partial charge is 0.397 e. The summed E-state index contributed by atoms with van der Waals surface area (Å²) < 4.78 is 0.888. The number of amides is 1. The third kappa shape index (κ3) is 2.83. The number of benzene rings is 1. The van der Waals surface area contributed by atoms with Crippen LogP contribution in [0.25, 0.3) is 10.1 Å². The molecular weight excluding hydrogens is 284 g/mol. The number of thiophene rings is 1. The van der Waals surface area contributed by atoms with Crippen molar-refractivity contribution in [2.45, 2.75) is 13.0 Å². The number of carbonyl (C=O) groups excluding carboxylic acids is 1. The molecule has 0 fully saturated rings. The Morgan fingerprint density at radius 2 is 2.26 bits per heavy atom. The fraction of sp³-hybridized carbons (Fsp3) is 0.308. The second-order valence-corrected chi connectivity index (χ2v) is 6.01. The minimum atomic E-state index is -0.570. The van der Waals surface area contributed by atoms with Gasteiger partial charge in [-0.05, 0) is 25.1 Å². The van der Waals surface area contributed by atoms with Crippen molar-refractivity contribution in [1.82, 2.24) is 4.90 Å². The van der Waals surface area contributed by atoms with Crippen LogP contribution < -0.4 is 5.73 Å². The zero-order valence-electron chi connectivity index (χ0n) is 10.7. The van der Waals surface area contributed by atoms with Crippen molar-refractivity contribution in [3.8, 4) is 0 Å². The summed E-state index contributed by atoms with van der Waals surface area (Å²) in [4.78, 5) is 14.2. The molecule has 102 valence electrons. The standard InChI is InChI=1S/C13H15ClN2O2S/c1-7(17)6-16(2)13(18)12-11(15)9-4-3-8(14)5-10(9)19-12/h3-5,7,17H,6,15H2,1-2H3. The molecule has 1 aromatic heterocycles. The second kappa shape index (κ2) is 5.36. The molecule has 2 aromatic rings. The highest BCUT2D eigenvalue weighted by Gasteiger charge is 2.20. The number of hydrogen-bond donors (Lipinski definition) is 2. The van der Waals surface area contributed by atoms with Crippen molar-refractivity contribution in [2.75, 3.05) is 19.3 Å². The highest BCUT2D eigenvalue weighted by Crippen LogP contribution is 2.35. The lowest BCUT2D eigenvalue weighted by Crippen LogP contribution is -2.32. The fourth-order valence-electron chi connectivity index (χ4n) is 1.90. The number of aliphatic hydroxyl groups is 1. The molecule has 2 rings (SSSR count). The smallest absolute Gasteiger partial charge is 0.265 e. The molecule has 0 aliphatic carbocycles. The first-order chi connectivity index (χ1) is 8.90. The van der Waals surface area contributed by atoms with Gasteiger partial charge in [-0.3, -0.25) is 4.79 Å². The van der Waals surface area contributed by atoms with Crippen molar-refractivity contribution < 1.29 is 9.90 Å². The van der Waals surface area contributed by atoms with Gasteiger partial charge < -0.3 is 15.7 Å². The number of carbonyl (C=O) groups is 1. The van der Waals surface area contributed by atoms with Gasteiger partial charge in [0.05, 0.1) is 11.8 Å².